The average molecular weight is 471 g/mol. The Morgan fingerprint density at radius 3 is 2.19 bits per heavy atom. The van der Waals surface area contributed by atoms with Crippen LogP contribution in [0, 0.1) is 6.92 Å². The number of aromatic nitrogens is 2. The van der Waals surface area contributed by atoms with Gasteiger partial charge in [0.05, 0.1) is 24.3 Å². The third-order valence-electron chi connectivity index (χ3n) is 4.53. The molecule has 2 aromatic carbocycles. The predicted octanol–water partition coefficient (Wildman–Crippen LogP) is 6.75. The molecule has 0 spiro atoms. The first kappa shape index (κ1) is 21.5. The van der Waals surface area contributed by atoms with Crippen LogP contribution >= 0.6 is 34.3 Å². The van der Waals surface area contributed by atoms with E-state index in [1.165, 1.54) is 22.7 Å². The average Bonchev–Trinajstić information content (AvgIpc) is 3.38. The van der Waals surface area contributed by atoms with Crippen molar-refractivity contribution in [1.29, 1.82) is 0 Å². The summed E-state index contributed by atoms with van der Waals surface area (Å²) >= 11 is 8.84. The number of carbonyl (C=O) groups excluding carboxylic acids is 1. The molecule has 0 atom stereocenters. The van der Waals surface area contributed by atoms with Gasteiger partial charge in [-0.2, -0.15) is 0 Å². The van der Waals surface area contributed by atoms with Crippen molar-refractivity contribution in [3.05, 3.63) is 64.1 Å². The fourth-order valence-corrected chi connectivity index (χ4v) is 5.23. The second-order valence-electron chi connectivity index (χ2n) is 6.59. The quantitative estimate of drug-likeness (QED) is 0.292. The fraction of sp³-hybridized carbons (Fsp3) is 0.174. The van der Waals surface area contributed by atoms with E-state index in [1.54, 1.807) is 14.0 Å². The first-order chi connectivity index (χ1) is 15.0. The van der Waals surface area contributed by atoms with E-state index < -0.39 is 0 Å². The van der Waals surface area contributed by atoms with Crippen molar-refractivity contribution < 1.29 is 14.3 Å². The van der Waals surface area contributed by atoms with Crippen LogP contribution < -0.4 is 4.74 Å². The maximum absolute atomic E-state index is 12.7. The van der Waals surface area contributed by atoms with Gasteiger partial charge in [0.2, 0.25) is 0 Å². The lowest BCUT2D eigenvalue weighted by molar-refractivity contribution is 0.0532. The first-order valence-electron chi connectivity index (χ1n) is 9.56. The van der Waals surface area contributed by atoms with Gasteiger partial charge in [-0.25, -0.2) is 14.8 Å². The maximum Gasteiger partial charge on any atom is 0.350 e. The predicted molar refractivity (Wildman–Crippen MR) is 126 cm³/mol. The standard InChI is InChI=1S/C23H19ClN2O3S2/c1-4-29-23(27)20-18(26-22(31-20)14-5-9-16(24)10-6-14)19-13(2)25-21(30-19)15-7-11-17(28-3)12-8-15/h5-12H,4H2,1-3H3. The normalized spacial score (nSPS) is 10.8. The van der Waals surface area contributed by atoms with Crippen LogP contribution in [-0.2, 0) is 4.74 Å². The minimum Gasteiger partial charge on any atom is -0.497 e. The highest BCUT2D eigenvalue weighted by Gasteiger charge is 2.25. The third-order valence-corrected chi connectivity index (χ3v) is 7.08. The van der Waals surface area contributed by atoms with E-state index in [2.05, 4.69) is 0 Å². The third kappa shape index (κ3) is 4.49. The minimum absolute atomic E-state index is 0.297. The SMILES string of the molecule is CCOC(=O)c1sc(-c2ccc(Cl)cc2)nc1-c1sc(-c2ccc(OC)cc2)nc1C. The molecule has 0 radical (unpaired) electrons. The monoisotopic (exact) mass is 470 g/mol. The van der Waals surface area contributed by atoms with E-state index in [9.17, 15) is 4.79 Å². The zero-order valence-corrected chi connectivity index (χ0v) is 19.5. The van der Waals surface area contributed by atoms with Crippen LogP contribution in [0.1, 0.15) is 22.3 Å². The smallest absolute Gasteiger partial charge is 0.350 e. The van der Waals surface area contributed by atoms with Crippen LogP contribution in [0.2, 0.25) is 5.02 Å². The Balaban J connectivity index is 1.79. The number of hydrogen-bond acceptors (Lipinski definition) is 7. The Kier molecular flexibility index (Phi) is 6.36. The topological polar surface area (TPSA) is 61.3 Å². The van der Waals surface area contributed by atoms with Crippen LogP contribution in [0.3, 0.4) is 0 Å². The first-order valence-corrected chi connectivity index (χ1v) is 11.6. The lowest BCUT2D eigenvalue weighted by Gasteiger charge is -2.01. The second-order valence-corrected chi connectivity index (χ2v) is 9.02. The summed E-state index contributed by atoms with van der Waals surface area (Å²) in [5.41, 5.74) is 3.28. The van der Waals surface area contributed by atoms with Gasteiger partial charge in [0, 0.05) is 16.1 Å². The summed E-state index contributed by atoms with van der Waals surface area (Å²) in [4.78, 5) is 23.5. The molecule has 0 aliphatic heterocycles. The molecule has 31 heavy (non-hydrogen) atoms. The number of rotatable bonds is 6. The second kappa shape index (κ2) is 9.18. The molecule has 0 saturated heterocycles. The Hall–Kier alpha value is -2.74. The molecule has 8 heteroatoms. The molecule has 0 fully saturated rings. The van der Waals surface area contributed by atoms with E-state index in [1.807, 2.05) is 55.5 Å². The van der Waals surface area contributed by atoms with Crippen LogP contribution in [0.5, 0.6) is 5.75 Å². The van der Waals surface area contributed by atoms with Gasteiger partial charge in [0.1, 0.15) is 26.3 Å². The van der Waals surface area contributed by atoms with E-state index in [4.69, 9.17) is 31.0 Å². The van der Waals surface area contributed by atoms with Crippen LogP contribution in [0.15, 0.2) is 48.5 Å². The number of carbonyl (C=O) groups is 1. The molecular formula is C23H19ClN2O3S2. The van der Waals surface area contributed by atoms with Gasteiger partial charge in [0.15, 0.2) is 0 Å². The molecule has 0 aliphatic carbocycles. The van der Waals surface area contributed by atoms with Crippen molar-refractivity contribution in [2.45, 2.75) is 13.8 Å². The summed E-state index contributed by atoms with van der Waals surface area (Å²) in [6.07, 6.45) is 0. The van der Waals surface area contributed by atoms with Crippen molar-refractivity contribution in [2.75, 3.05) is 13.7 Å². The lowest BCUT2D eigenvalue weighted by Crippen LogP contribution is -2.03. The number of thiazole rings is 2. The summed E-state index contributed by atoms with van der Waals surface area (Å²) in [6, 6.07) is 15.1. The number of halogens is 1. The van der Waals surface area contributed by atoms with Gasteiger partial charge in [-0.15, -0.1) is 22.7 Å². The maximum atomic E-state index is 12.7. The van der Waals surface area contributed by atoms with E-state index in [-0.39, 0.29) is 5.97 Å². The number of hydrogen-bond donors (Lipinski definition) is 0. The van der Waals surface area contributed by atoms with Crippen molar-refractivity contribution in [3.8, 4) is 37.5 Å². The lowest BCUT2D eigenvalue weighted by atomic mass is 10.2. The van der Waals surface area contributed by atoms with Crippen LogP contribution in [0.4, 0.5) is 0 Å². The van der Waals surface area contributed by atoms with Crippen LogP contribution in [-0.4, -0.2) is 29.7 Å². The minimum atomic E-state index is -0.381. The molecule has 0 N–H and O–H groups in total. The zero-order valence-electron chi connectivity index (χ0n) is 17.1. The number of ether oxygens (including phenoxy) is 2. The summed E-state index contributed by atoms with van der Waals surface area (Å²) < 4.78 is 10.5. The number of nitrogens with zero attached hydrogens (tertiary/aromatic N) is 2. The van der Waals surface area contributed by atoms with E-state index >= 15 is 0 Å². The number of aryl methyl sites for hydroxylation is 1. The molecule has 0 amide bonds. The number of benzene rings is 2. The molecule has 4 aromatic rings. The summed E-state index contributed by atoms with van der Waals surface area (Å²) in [7, 11) is 1.64. The van der Waals surface area contributed by atoms with Gasteiger partial charge in [0.25, 0.3) is 0 Å². The molecular weight excluding hydrogens is 452 g/mol. The molecule has 0 saturated carbocycles. The van der Waals surface area contributed by atoms with Gasteiger partial charge in [-0.3, -0.25) is 0 Å². The van der Waals surface area contributed by atoms with Gasteiger partial charge < -0.3 is 9.47 Å². The molecule has 0 unspecified atom stereocenters. The molecule has 2 aromatic heterocycles. The number of methoxy groups -OCH3 is 1. The van der Waals surface area contributed by atoms with Crippen LogP contribution in [0.25, 0.3) is 31.7 Å². The molecule has 4 rings (SSSR count). The van der Waals surface area contributed by atoms with Crippen molar-refractivity contribution in [2.24, 2.45) is 0 Å². The zero-order chi connectivity index (χ0) is 22.0. The van der Waals surface area contributed by atoms with Gasteiger partial charge >= 0.3 is 5.97 Å². The molecule has 0 aliphatic rings. The molecule has 2 heterocycles. The Bertz CT molecular complexity index is 1210. The number of esters is 1. The van der Waals surface area contributed by atoms with Gasteiger partial charge in [-0.1, -0.05) is 23.7 Å². The Morgan fingerprint density at radius 1 is 0.968 bits per heavy atom. The largest absolute Gasteiger partial charge is 0.497 e. The van der Waals surface area contributed by atoms with Crippen molar-refractivity contribution in [3.63, 3.8) is 0 Å². The highest BCUT2D eigenvalue weighted by atomic mass is 35.5. The molecule has 5 nitrogen and oxygen atoms in total. The Morgan fingerprint density at radius 2 is 1.58 bits per heavy atom. The van der Waals surface area contributed by atoms with Gasteiger partial charge in [-0.05, 0) is 50.2 Å². The Labute approximate surface area is 193 Å². The summed E-state index contributed by atoms with van der Waals surface area (Å²) in [6.45, 7) is 4.01. The molecule has 0 bridgehead atoms. The van der Waals surface area contributed by atoms with E-state index in [0.29, 0.717) is 22.2 Å². The van der Waals surface area contributed by atoms with Crippen molar-refractivity contribution >= 4 is 40.2 Å². The molecule has 158 valence electrons. The fourth-order valence-electron chi connectivity index (χ4n) is 3.00. The summed E-state index contributed by atoms with van der Waals surface area (Å²) in [5.74, 6) is 0.406. The van der Waals surface area contributed by atoms with E-state index in [0.717, 1.165) is 37.5 Å². The summed E-state index contributed by atoms with van der Waals surface area (Å²) in [5, 5.41) is 2.23. The highest BCUT2D eigenvalue weighted by molar-refractivity contribution is 7.20. The highest BCUT2D eigenvalue weighted by Crippen LogP contribution is 2.41. The van der Waals surface area contributed by atoms with Crippen molar-refractivity contribution in [1.82, 2.24) is 9.97 Å².